The van der Waals surface area contributed by atoms with Crippen molar-refractivity contribution >= 4 is 32.7 Å². The van der Waals surface area contributed by atoms with Gasteiger partial charge in [-0.05, 0) is 85.3 Å². The van der Waals surface area contributed by atoms with Gasteiger partial charge in [0.05, 0.1) is 5.41 Å². The van der Waals surface area contributed by atoms with Gasteiger partial charge in [-0.25, -0.2) is 0 Å². The molecule has 0 bridgehead atoms. The van der Waals surface area contributed by atoms with Crippen LogP contribution in [0.25, 0.3) is 77.2 Å². The van der Waals surface area contributed by atoms with Gasteiger partial charge in [-0.3, -0.25) is 0 Å². The molecule has 0 unspecified atom stereocenters. The Morgan fingerprint density at radius 1 is 0.364 bits per heavy atom. The molecule has 0 N–H and O–H groups in total. The molecule has 1 aliphatic heterocycles. The van der Waals surface area contributed by atoms with Gasteiger partial charge >= 0.3 is 0 Å². The summed E-state index contributed by atoms with van der Waals surface area (Å²) in [6, 6.07) is 70.2. The quantitative estimate of drug-likeness (QED) is 0.182. The molecule has 256 valence electrons. The van der Waals surface area contributed by atoms with Crippen molar-refractivity contribution < 1.29 is 9.15 Å². The highest BCUT2D eigenvalue weighted by Gasteiger charge is 2.46. The monoisotopic (exact) mass is 700 g/mol. The first-order chi connectivity index (χ1) is 27.3. The zero-order valence-electron chi connectivity index (χ0n) is 29.8. The summed E-state index contributed by atoms with van der Waals surface area (Å²) in [5.41, 5.74) is 15.9. The predicted molar refractivity (Wildman–Crippen MR) is 225 cm³/mol. The molecule has 0 amide bonds. The molecule has 2 nitrogen and oxygen atoms in total. The number of ether oxygens (including phenoxy) is 1. The minimum Gasteiger partial charge on any atom is -0.456 e. The van der Waals surface area contributed by atoms with Crippen LogP contribution < -0.4 is 4.74 Å². The molecule has 2 heterocycles. The Balaban J connectivity index is 1.08. The third-order valence-corrected chi connectivity index (χ3v) is 12.0. The molecule has 2 aliphatic rings. The van der Waals surface area contributed by atoms with Crippen LogP contribution in [0.5, 0.6) is 11.5 Å². The molecular formula is C53H32O2. The molecule has 0 atom stereocenters. The van der Waals surface area contributed by atoms with Crippen LogP contribution in [0.2, 0.25) is 0 Å². The lowest BCUT2D eigenvalue weighted by Crippen LogP contribution is -2.28. The lowest BCUT2D eigenvalue weighted by atomic mass is 9.67. The fraction of sp³-hybridized carbons (Fsp3) is 0.0189. The maximum absolute atomic E-state index is 6.74. The SMILES string of the molecule is c1ccc(C2(c3ccccc3)c3ccccc3-c3c(-c4ccc5c6c(cccc46)-c4cc(-c6cccc7c6oc6ccccc67)ccc4O5)cccc32)cc1. The second-order valence-electron chi connectivity index (χ2n) is 14.7. The van der Waals surface area contributed by atoms with Gasteiger partial charge in [0.2, 0.25) is 0 Å². The average Bonchev–Trinajstić information content (AvgIpc) is 3.79. The number of benzene rings is 9. The summed E-state index contributed by atoms with van der Waals surface area (Å²) in [7, 11) is 0. The van der Waals surface area contributed by atoms with E-state index in [4.69, 9.17) is 9.15 Å². The minimum absolute atomic E-state index is 0.460. The minimum atomic E-state index is -0.460. The predicted octanol–water partition coefficient (Wildman–Crippen LogP) is 14.2. The van der Waals surface area contributed by atoms with Crippen LogP contribution in [0.1, 0.15) is 22.3 Å². The number of fused-ring (bicyclic) bond motifs is 8. The fourth-order valence-electron chi connectivity index (χ4n) is 9.73. The maximum Gasteiger partial charge on any atom is 0.143 e. The molecule has 0 fully saturated rings. The van der Waals surface area contributed by atoms with Gasteiger partial charge in [0.15, 0.2) is 0 Å². The van der Waals surface area contributed by atoms with Crippen molar-refractivity contribution in [3.05, 3.63) is 216 Å². The van der Waals surface area contributed by atoms with E-state index in [9.17, 15) is 0 Å². The second-order valence-corrected chi connectivity index (χ2v) is 14.7. The van der Waals surface area contributed by atoms with Gasteiger partial charge in [0.1, 0.15) is 22.7 Å². The van der Waals surface area contributed by atoms with E-state index in [-0.39, 0.29) is 0 Å². The van der Waals surface area contributed by atoms with E-state index in [0.717, 1.165) is 55.5 Å². The van der Waals surface area contributed by atoms with Crippen molar-refractivity contribution in [2.75, 3.05) is 0 Å². The van der Waals surface area contributed by atoms with E-state index in [0.29, 0.717) is 0 Å². The summed E-state index contributed by atoms with van der Waals surface area (Å²) in [4.78, 5) is 0. The molecule has 0 spiro atoms. The molecule has 9 aromatic carbocycles. The van der Waals surface area contributed by atoms with Crippen LogP contribution in [-0.2, 0) is 5.41 Å². The number of para-hydroxylation sites is 2. The summed E-state index contributed by atoms with van der Waals surface area (Å²) in [5.74, 6) is 1.74. The standard InChI is InChI=1S/C53H32O2/c1-3-14-34(15-4-1)53(35-16-5-2-6-17-35)45-25-9-7-19-43(45)50-39(23-13-26-46(50)53)37-29-31-49-51-40(37)21-12-22-41(51)44-32-33(28-30-48(44)54-49)36-20-11-24-42-38-18-8-10-27-47(38)55-52(36)42/h1-32H. The first-order valence-corrected chi connectivity index (χ1v) is 18.9. The van der Waals surface area contributed by atoms with E-state index >= 15 is 0 Å². The van der Waals surface area contributed by atoms with E-state index < -0.39 is 5.41 Å². The third kappa shape index (κ3) is 4.14. The Kier molecular flexibility index (Phi) is 6.29. The highest BCUT2D eigenvalue weighted by Crippen LogP contribution is 2.59. The Morgan fingerprint density at radius 3 is 1.82 bits per heavy atom. The van der Waals surface area contributed by atoms with Gasteiger partial charge in [-0.15, -0.1) is 0 Å². The fourth-order valence-corrected chi connectivity index (χ4v) is 9.73. The topological polar surface area (TPSA) is 22.4 Å². The van der Waals surface area contributed by atoms with Gasteiger partial charge in [-0.2, -0.15) is 0 Å². The Labute approximate surface area is 318 Å². The Bertz CT molecular complexity index is 3130. The van der Waals surface area contributed by atoms with Crippen LogP contribution in [0.15, 0.2) is 199 Å². The lowest BCUT2D eigenvalue weighted by Gasteiger charge is -2.34. The van der Waals surface area contributed by atoms with Crippen LogP contribution in [0.4, 0.5) is 0 Å². The van der Waals surface area contributed by atoms with E-state index in [1.54, 1.807) is 0 Å². The first-order valence-electron chi connectivity index (χ1n) is 18.9. The summed E-state index contributed by atoms with van der Waals surface area (Å²) >= 11 is 0. The molecule has 0 saturated heterocycles. The zero-order chi connectivity index (χ0) is 36.1. The van der Waals surface area contributed by atoms with Crippen molar-refractivity contribution in [3.8, 4) is 56.0 Å². The zero-order valence-corrected chi connectivity index (χ0v) is 29.8. The van der Waals surface area contributed by atoms with Crippen molar-refractivity contribution in [3.63, 3.8) is 0 Å². The second kappa shape index (κ2) is 11.4. The lowest BCUT2D eigenvalue weighted by molar-refractivity contribution is 0.487. The maximum atomic E-state index is 6.74. The normalized spacial score (nSPS) is 13.4. The van der Waals surface area contributed by atoms with Gasteiger partial charge in [-0.1, -0.05) is 170 Å². The molecule has 10 aromatic rings. The van der Waals surface area contributed by atoms with Crippen LogP contribution in [0, 0.1) is 0 Å². The van der Waals surface area contributed by atoms with Crippen LogP contribution in [0.3, 0.4) is 0 Å². The molecule has 1 aromatic heterocycles. The van der Waals surface area contributed by atoms with Crippen molar-refractivity contribution in [2.24, 2.45) is 0 Å². The van der Waals surface area contributed by atoms with E-state index in [1.165, 1.54) is 55.5 Å². The number of furan rings is 1. The number of hydrogen-bond acceptors (Lipinski definition) is 2. The largest absolute Gasteiger partial charge is 0.456 e. The molecule has 0 radical (unpaired) electrons. The molecule has 1 aliphatic carbocycles. The van der Waals surface area contributed by atoms with Crippen molar-refractivity contribution in [1.29, 1.82) is 0 Å². The summed E-state index contributed by atoms with van der Waals surface area (Å²) in [5, 5.41) is 4.56. The van der Waals surface area contributed by atoms with Gasteiger partial charge < -0.3 is 9.15 Å². The van der Waals surface area contributed by atoms with Crippen LogP contribution >= 0.6 is 0 Å². The summed E-state index contributed by atoms with van der Waals surface area (Å²) in [6.45, 7) is 0. The third-order valence-electron chi connectivity index (χ3n) is 12.0. The summed E-state index contributed by atoms with van der Waals surface area (Å²) < 4.78 is 13.2. The smallest absolute Gasteiger partial charge is 0.143 e. The van der Waals surface area contributed by atoms with Crippen molar-refractivity contribution in [1.82, 2.24) is 0 Å². The molecule has 55 heavy (non-hydrogen) atoms. The molecular weight excluding hydrogens is 669 g/mol. The van der Waals surface area contributed by atoms with E-state index in [1.807, 2.05) is 12.1 Å². The molecule has 12 rings (SSSR count). The average molecular weight is 701 g/mol. The number of rotatable bonds is 4. The highest BCUT2D eigenvalue weighted by atomic mass is 16.5. The van der Waals surface area contributed by atoms with Gasteiger partial charge in [0.25, 0.3) is 0 Å². The molecule has 2 heteroatoms. The number of hydrogen-bond donors (Lipinski definition) is 0. The van der Waals surface area contributed by atoms with Crippen molar-refractivity contribution in [2.45, 2.75) is 5.41 Å². The first kappa shape index (κ1) is 30.3. The molecule has 0 saturated carbocycles. The highest BCUT2D eigenvalue weighted by molar-refractivity contribution is 6.13. The Hall–Kier alpha value is -7.16. The summed E-state index contributed by atoms with van der Waals surface area (Å²) in [6.07, 6.45) is 0. The van der Waals surface area contributed by atoms with Crippen LogP contribution in [-0.4, -0.2) is 0 Å². The van der Waals surface area contributed by atoms with Gasteiger partial charge in [0, 0.05) is 27.3 Å². The van der Waals surface area contributed by atoms with E-state index in [2.05, 4.69) is 182 Å². The Morgan fingerprint density at radius 2 is 0.982 bits per heavy atom.